The van der Waals surface area contributed by atoms with Crippen molar-refractivity contribution in [1.29, 1.82) is 0 Å². The Labute approximate surface area is 201 Å². The van der Waals surface area contributed by atoms with Gasteiger partial charge in [0.05, 0.1) is 30.1 Å². The number of amides is 1. The summed E-state index contributed by atoms with van der Waals surface area (Å²) < 4.78 is 7.75. The number of nitrogens with zero attached hydrogens (tertiary/aromatic N) is 3. The normalized spacial score (nSPS) is 15.9. The lowest BCUT2D eigenvalue weighted by Gasteiger charge is -2.31. The van der Waals surface area contributed by atoms with Crippen molar-refractivity contribution in [1.82, 2.24) is 14.0 Å². The quantitative estimate of drug-likeness (QED) is 0.397. The third-order valence-electron chi connectivity index (χ3n) is 6.08. The van der Waals surface area contributed by atoms with Crippen molar-refractivity contribution in [2.45, 2.75) is 32.9 Å². The fourth-order valence-corrected chi connectivity index (χ4v) is 4.47. The van der Waals surface area contributed by atoms with Gasteiger partial charge in [-0.15, -0.1) is 0 Å². The number of ether oxygens (including phenoxy) is 1. The fraction of sp³-hybridized carbons (Fsp3) is 0.360. The number of halogens is 1. The number of piperidine rings is 1. The van der Waals surface area contributed by atoms with E-state index in [1.54, 1.807) is 60.4 Å². The van der Waals surface area contributed by atoms with Gasteiger partial charge in [-0.3, -0.25) is 28.3 Å². The third-order valence-corrected chi connectivity index (χ3v) is 6.33. The smallest absolute Gasteiger partial charge is 0.317 e. The lowest BCUT2D eigenvalue weighted by atomic mass is 9.98. The Morgan fingerprint density at radius 1 is 1.00 bits per heavy atom. The SMILES string of the molecule is CCOC(=O)[C@H]1CCCN(C(=O)Cn2c(=O)c(=O)n(Cc3ccc(Cl)cc3)c3ccccc32)C1. The van der Waals surface area contributed by atoms with E-state index in [2.05, 4.69) is 0 Å². The molecule has 0 bridgehead atoms. The monoisotopic (exact) mass is 483 g/mol. The predicted molar refractivity (Wildman–Crippen MR) is 129 cm³/mol. The lowest BCUT2D eigenvalue weighted by molar-refractivity contribution is -0.151. The Balaban J connectivity index is 1.65. The molecule has 8 nitrogen and oxygen atoms in total. The molecule has 2 heterocycles. The topological polar surface area (TPSA) is 90.6 Å². The highest BCUT2D eigenvalue weighted by molar-refractivity contribution is 6.30. The number of esters is 1. The first-order chi connectivity index (χ1) is 16.4. The second-order valence-electron chi connectivity index (χ2n) is 8.33. The maximum Gasteiger partial charge on any atom is 0.317 e. The molecule has 0 unspecified atom stereocenters. The minimum atomic E-state index is -0.764. The highest BCUT2D eigenvalue weighted by Crippen LogP contribution is 2.19. The van der Waals surface area contributed by atoms with Crippen LogP contribution in [0.15, 0.2) is 58.1 Å². The van der Waals surface area contributed by atoms with Gasteiger partial charge in [-0.25, -0.2) is 0 Å². The van der Waals surface area contributed by atoms with Crippen molar-refractivity contribution in [3.05, 3.63) is 79.8 Å². The van der Waals surface area contributed by atoms with Crippen LogP contribution in [0.1, 0.15) is 25.3 Å². The van der Waals surface area contributed by atoms with Crippen LogP contribution in [-0.2, 0) is 27.4 Å². The van der Waals surface area contributed by atoms with E-state index in [-0.39, 0.29) is 44.0 Å². The summed E-state index contributed by atoms with van der Waals surface area (Å²) in [7, 11) is 0. The number of carbonyl (C=O) groups is 2. The molecule has 0 saturated carbocycles. The van der Waals surface area contributed by atoms with Crippen molar-refractivity contribution in [2.24, 2.45) is 5.92 Å². The van der Waals surface area contributed by atoms with Gasteiger partial charge in [-0.1, -0.05) is 35.9 Å². The summed E-state index contributed by atoms with van der Waals surface area (Å²) in [5, 5.41) is 0.581. The van der Waals surface area contributed by atoms with Gasteiger partial charge < -0.3 is 9.64 Å². The van der Waals surface area contributed by atoms with Crippen LogP contribution in [0.5, 0.6) is 0 Å². The Kier molecular flexibility index (Phi) is 7.17. The van der Waals surface area contributed by atoms with Crippen LogP contribution in [-0.4, -0.2) is 45.6 Å². The molecule has 0 radical (unpaired) electrons. The van der Waals surface area contributed by atoms with E-state index in [1.807, 2.05) is 0 Å². The van der Waals surface area contributed by atoms with Crippen LogP contribution < -0.4 is 11.1 Å². The summed E-state index contributed by atoms with van der Waals surface area (Å²) in [5.41, 5.74) is 0.402. The van der Waals surface area contributed by atoms with Gasteiger partial charge in [-0.2, -0.15) is 0 Å². The molecule has 2 aromatic carbocycles. The van der Waals surface area contributed by atoms with Gasteiger partial charge in [0.2, 0.25) is 5.91 Å². The molecule has 34 heavy (non-hydrogen) atoms. The third kappa shape index (κ3) is 4.92. The molecule has 4 rings (SSSR count). The maximum atomic E-state index is 13.1. The van der Waals surface area contributed by atoms with Crippen LogP contribution in [0.25, 0.3) is 11.0 Å². The molecule has 1 atom stereocenters. The average Bonchev–Trinajstić information content (AvgIpc) is 2.85. The zero-order valence-corrected chi connectivity index (χ0v) is 19.7. The first kappa shape index (κ1) is 23.8. The molecule has 178 valence electrons. The number of fused-ring (bicyclic) bond motifs is 1. The highest BCUT2D eigenvalue weighted by atomic mass is 35.5. The molecule has 1 fully saturated rings. The number of hydrogen-bond donors (Lipinski definition) is 0. The molecule has 9 heteroatoms. The van der Waals surface area contributed by atoms with Gasteiger partial charge in [0, 0.05) is 18.1 Å². The van der Waals surface area contributed by atoms with Gasteiger partial charge in [0.1, 0.15) is 6.54 Å². The number of aromatic nitrogens is 2. The van der Waals surface area contributed by atoms with E-state index in [9.17, 15) is 19.2 Å². The minimum absolute atomic E-state index is 0.202. The van der Waals surface area contributed by atoms with Crippen molar-refractivity contribution < 1.29 is 14.3 Å². The van der Waals surface area contributed by atoms with Crippen molar-refractivity contribution >= 4 is 34.5 Å². The van der Waals surface area contributed by atoms with Crippen LogP contribution >= 0.6 is 11.6 Å². The lowest BCUT2D eigenvalue weighted by Crippen LogP contribution is -2.47. The summed E-state index contributed by atoms with van der Waals surface area (Å²) in [6.45, 7) is 2.71. The predicted octanol–water partition coefficient (Wildman–Crippen LogP) is 2.67. The minimum Gasteiger partial charge on any atom is -0.466 e. The summed E-state index contributed by atoms with van der Waals surface area (Å²) in [6, 6.07) is 14.1. The highest BCUT2D eigenvalue weighted by Gasteiger charge is 2.30. The average molecular weight is 484 g/mol. The zero-order chi connectivity index (χ0) is 24.2. The Morgan fingerprint density at radius 2 is 1.65 bits per heavy atom. The van der Waals surface area contributed by atoms with E-state index in [0.29, 0.717) is 35.4 Å². The van der Waals surface area contributed by atoms with Crippen LogP contribution in [0, 0.1) is 5.92 Å². The molecular formula is C25H26ClN3O5. The number of likely N-dealkylation sites (tertiary alicyclic amines) is 1. The molecule has 1 saturated heterocycles. The number of para-hydroxylation sites is 2. The summed E-state index contributed by atoms with van der Waals surface area (Å²) in [6.07, 6.45) is 1.33. The number of rotatable bonds is 6. The number of hydrogen-bond acceptors (Lipinski definition) is 5. The van der Waals surface area contributed by atoms with Crippen molar-refractivity contribution in [2.75, 3.05) is 19.7 Å². The van der Waals surface area contributed by atoms with E-state index in [4.69, 9.17) is 16.3 Å². The van der Waals surface area contributed by atoms with Crippen molar-refractivity contribution in [3.8, 4) is 0 Å². The summed E-state index contributed by atoms with van der Waals surface area (Å²) in [4.78, 5) is 53.0. The van der Waals surface area contributed by atoms with Gasteiger partial charge in [-0.05, 0) is 49.6 Å². The molecule has 3 aromatic rings. The summed E-state index contributed by atoms with van der Waals surface area (Å²) >= 11 is 5.96. The van der Waals surface area contributed by atoms with E-state index >= 15 is 0 Å². The van der Waals surface area contributed by atoms with Crippen LogP contribution in [0.2, 0.25) is 5.02 Å². The van der Waals surface area contributed by atoms with Crippen LogP contribution in [0.4, 0.5) is 0 Å². The number of benzene rings is 2. The first-order valence-electron chi connectivity index (χ1n) is 11.3. The second kappa shape index (κ2) is 10.3. The molecule has 1 aliphatic rings. The molecule has 1 aromatic heterocycles. The van der Waals surface area contributed by atoms with Gasteiger partial charge in [0.15, 0.2) is 0 Å². The standard InChI is InChI=1S/C25H26ClN3O5/c1-2-34-25(33)18-6-5-13-27(15-18)22(30)16-29-21-8-4-3-7-20(21)28(23(31)24(29)32)14-17-9-11-19(26)12-10-17/h3-4,7-12,18H,2,5-6,13-16H2,1H3/t18-/m0/s1. The molecule has 0 N–H and O–H groups in total. The first-order valence-corrected chi connectivity index (χ1v) is 11.7. The second-order valence-corrected chi connectivity index (χ2v) is 8.77. The molecule has 0 spiro atoms. The Morgan fingerprint density at radius 3 is 2.32 bits per heavy atom. The molecular weight excluding hydrogens is 458 g/mol. The summed E-state index contributed by atoms with van der Waals surface area (Å²) in [5.74, 6) is -0.998. The largest absolute Gasteiger partial charge is 0.466 e. The van der Waals surface area contributed by atoms with E-state index < -0.39 is 11.1 Å². The maximum absolute atomic E-state index is 13.1. The molecule has 0 aliphatic carbocycles. The van der Waals surface area contributed by atoms with Crippen LogP contribution in [0.3, 0.4) is 0 Å². The fourth-order valence-electron chi connectivity index (χ4n) is 4.35. The van der Waals surface area contributed by atoms with Gasteiger partial charge >= 0.3 is 17.1 Å². The van der Waals surface area contributed by atoms with E-state index in [0.717, 1.165) is 5.56 Å². The number of carbonyl (C=O) groups excluding carboxylic acids is 2. The van der Waals surface area contributed by atoms with Gasteiger partial charge in [0.25, 0.3) is 0 Å². The van der Waals surface area contributed by atoms with Crippen molar-refractivity contribution in [3.63, 3.8) is 0 Å². The molecule has 1 amide bonds. The molecule has 1 aliphatic heterocycles. The Bertz CT molecular complexity index is 1330. The van der Waals surface area contributed by atoms with E-state index in [1.165, 1.54) is 9.13 Å². The Hall–Kier alpha value is -3.39. The zero-order valence-electron chi connectivity index (χ0n) is 18.9.